The molecule has 1 N–H and O–H groups in total. The summed E-state index contributed by atoms with van der Waals surface area (Å²) in [6.45, 7) is 1.72. The van der Waals surface area contributed by atoms with E-state index in [9.17, 15) is 9.59 Å². The predicted octanol–water partition coefficient (Wildman–Crippen LogP) is 2.53. The SMILES string of the molecule is COc1ccc(N(C)C(=O)C(C)NC(=O)CC2CCCCC2)cn1. The van der Waals surface area contributed by atoms with Gasteiger partial charge in [0.05, 0.1) is 19.0 Å². The van der Waals surface area contributed by atoms with Crippen molar-refractivity contribution in [1.82, 2.24) is 10.3 Å². The van der Waals surface area contributed by atoms with Crippen LogP contribution in [-0.4, -0.2) is 37.0 Å². The van der Waals surface area contributed by atoms with Crippen molar-refractivity contribution < 1.29 is 14.3 Å². The van der Waals surface area contributed by atoms with Gasteiger partial charge in [-0.3, -0.25) is 9.59 Å². The number of nitrogens with zero attached hydrogens (tertiary/aromatic N) is 2. The van der Waals surface area contributed by atoms with Crippen molar-refractivity contribution in [2.24, 2.45) is 5.92 Å². The monoisotopic (exact) mass is 333 g/mol. The van der Waals surface area contributed by atoms with E-state index in [1.807, 2.05) is 0 Å². The van der Waals surface area contributed by atoms with Gasteiger partial charge in [0.1, 0.15) is 6.04 Å². The molecule has 1 aromatic rings. The lowest BCUT2D eigenvalue weighted by Gasteiger charge is -2.24. The largest absolute Gasteiger partial charge is 0.481 e. The lowest BCUT2D eigenvalue weighted by atomic mass is 9.87. The van der Waals surface area contributed by atoms with E-state index >= 15 is 0 Å². The van der Waals surface area contributed by atoms with E-state index in [0.29, 0.717) is 23.9 Å². The molecular formula is C18H27N3O3. The number of rotatable bonds is 6. The fraction of sp³-hybridized carbons (Fsp3) is 0.611. The third-order valence-corrected chi connectivity index (χ3v) is 4.59. The molecule has 1 aliphatic rings. The van der Waals surface area contributed by atoms with Crippen molar-refractivity contribution >= 4 is 17.5 Å². The van der Waals surface area contributed by atoms with E-state index in [0.717, 1.165) is 12.8 Å². The van der Waals surface area contributed by atoms with Crippen LogP contribution < -0.4 is 15.0 Å². The van der Waals surface area contributed by atoms with Crippen LogP contribution in [0.2, 0.25) is 0 Å². The topological polar surface area (TPSA) is 71.5 Å². The molecule has 1 aliphatic carbocycles. The van der Waals surface area contributed by atoms with Crippen LogP contribution in [0.5, 0.6) is 5.88 Å². The van der Waals surface area contributed by atoms with Gasteiger partial charge in [-0.2, -0.15) is 0 Å². The third kappa shape index (κ3) is 4.94. The van der Waals surface area contributed by atoms with Gasteiger partial charge in [-0.05, 0) is 31.7 Å². The molecule has 0 saturated heterocycles. The maximum Gasteiger partial charge on any atom is 0.249 e. The van der Waals surface area contributed by atoms with Crippen molar-refractivity contribution in [3.8, 4) is 5.88 Å². The Kier molecular flexibility index (Phi) is 6.58. The molecule has 2 rings (SSSR count). The quantitative estimate of drug-likeness (QED) is 0.868. The molecule has 0 aliphatic heterocycles. The van der Waals surface area contributed by atoms with Crippen molar-refractivity contribution in [3.63, 3.8) is 0 Å². The highest BCUT2D eigenvalue weighted by molar-refractivity contribution is 5.98. The lowest BCUT2D eigenvalue weighted by molar-refractivity contribution is -0.127. The average Bonchev–Trinajstić information content (AvgIpc) is 2.61. The Labute approximate surface area is 143 Å². The predicted molar refractivity (Wildman–Crippen MR) is 93.0 cm³/mol. The molecule has 1 saturated carbocycles. The number of carbonyl (C=O) groups excluding carboxylic acids is 2. The summed E-state index contributed by atoms with van der Waals surface area (Å²) in [7, 11) is 3.22. The molecule has 0 aromatic carbocycles. The van der Waals surface area contributed by atoms with Crippen molar-refractivity contribution in [2.75, 3.05) is 19.1 Å². The number of anilines is 1. The van der Waals surface area contributed by atoms with Crippen LogP contribution >= 0.6 is 0 Å². The number of hydrogen-bond donors (Lipinski definition) is 1. The number of aromatic nitrogens is 1. The first-order chi connectivity index (χ1) is 11.5. The van der Waals surface area contributed by atoms with E-state index in [1.165, 1.54) is 24.2 Å². The van der Waals surface area contributed by atoms with Gasteiger partial charge in [0.25, 0.3) is 0 Å². The van der Waals surface area contributed by atoms with Crippen molar-refractivity contribution in [3.05, 3.63) is 18.3 Å². The maximum absolute atomic E-state index is 12.5. The van der Waals surface area contributed by atoms with Crippen LogP contribution in [0.1, 0.15) is 45.4 Å². The Hall–Kier alpha value is -2.11. The number of methoxy groups -OCH3 is 1. The van der Waals surface area contributed by atoms with Crippen LogP contribution in [0.3, 0.4) is 0 Å². The number of carbonyl (C=O) groups is 2. The minimum atomic E-state index is -0.562. The molecule has 0 spiro atoms. The molecule has 0 radical (unpaired) electrons. The van der Waals surface area contributed by atoms with Crippen molar-refractivity contribution in [1.29, 1.82) is 0 Å². The zero-order valence-electron chi connectivity index (χ0n) is 14.7. The van der Waals surface area contributed by atoms with Gasteiger partial charge in [0.15, 0.2) is 0 Å². The lowest BCUT2D eigenvalue weighted by Crippen LogP contribution is -2.46. The van der Waals surface area contributed by atoms with Gasteiger partial charge in [0.2, 0.25) is 17.7 Å². The molecule has 2 amide bonds. The standard InChI is InChI=1S/C18H27N3O3/c1-13(20-16(22)11-14-7-5-4-6-8-14)18(23)21(2)15-9-10-17(24-3)19-12-15/h9-10,12-14H,4-8,11H2,1-3H3,(H,20,22). The Morgan fingerprint density at radius 1 is 1.33 bits per heavy atom. The zero-order chi connectivity index (χ0) is 17.5. The highest BCUT2D eigenvalue weighted by atomic mass is 16.5. The van der Waals surface area contributed by atoms with Crippen LogP contribution in [0, 0.1) is 5.92 Å². The molecule has 1 heterocycles. The normalized spacial score (nSPS) is 16.3. The Morgan fingerprint density at radius 3 is 2.62 bits per heavy atom. The minimum absolute atomic E-state index is 0.0380. The number of hydrogen-bond acceptors (Lipinski definition) is 4. The summed E-state index contributed by atoms with van der Waals surface area (Å²) in [5.74, 6) is 0.751. The molecule has 24 heavy (non-hydrogen) atoms. The molecule has 6 nitrogen and oxygen atoms in total. The smallest absolute Gasteiger partial charge is 0.249 e. The molecular weight excluding hydrogens is 306 g/mol. The van der Waals surface area contributed by atoms with E-state index < -0.39 is 6.04 Å². The zero-order valence-corrected chi connectivity index (χ0v) is 14.7. The molecule has 132 valence electrons. The second kappa shape index (κ2) is 8.66. The number of nitrogens with one attached hydrogen (secondary N) is 1. The van der Waals surface area contributed by atoms with E-state index in [2.05, 4.69) is 10.3 Å². The summed E-state index contributed by atoms with van der Waals surface area (Å²) in [5, 5.41) is 2.82. The van der Waals surface area contributed by atoms with Gasteiger partial charge in [-0.1, -0.05) is 19.3 Å². The van der Waals surface area contributed by atoms with Crippen LogP contribution in [0.4, 0.5) is 5.69 Å². The van der Waals surface area contributed by atoms with E-state index in [1.54, 1.807) is 39.4 Å². The summed E-state index contributed by atoms with van der Waals surface area (Å²) >= 11 is 0. The summed E-state index contributed by atoms with van der Waals surface area (Å²) in [6.07, 6.45) is 8.02. The maximum atomic E-state index is 12.5. The van der Waals surface area contributed by atoms with Crippen LogP contribution in [-0.2, 0) is 9.59 Å². The third-order valence-electron chi connectivity index (χ3n) is 4.59. The Balaban J connectivity index is 1.86. The second-order valence-electron chi connectivity index (χ2n) is 6.45. The molecule has 1 atom stereocenters. The second-order valence-corrected chi connectivity index (χ2v) is 6.45. The van der Waals surface area contributed by atoms with Gasteiger partial charge < -0.3 is 15.0 Å². The average molecular weight is 333 g/mol. The Bertz CT molecular complexity index is 553. The van der Waals surface area contributed by atoms with Crippen LogP contribution in [0.25, 0.3) is 0 Å². The van der Waals surface area contributed by atoms with Gasteiger partial charge in [0, 0.05) is 19.5 Å². The Morgan fingerprint density at radius 2 is 2.04 bits per heavy atom. The summed E-state index contributed by atoms with van der Waals surface area (Å²) < 4.78 is 5.01. The molecule has 6 heteroatoms. The highest BCUT2D eigenvalue weighted by Crippen LogP contribution is 2.26. The van der Waals surface area contributed by atoms with Gasteiger partial charge >= 0.3 is 0 Å². The summed E-state index contributed by atoms with van der Waals surface area (Å²) in [4.78, 5) is 30.2. The molecule has 1 fully saturated rings. The minimum Gasteiger partial charge on any atom is -0.481 e. The van der Waals surface area contributed by atoms with E-state index in [4.69, 9.17) is 4.74 Å². The first-order valence-electron chi connectivity index (χ1n) is 8.58. The molecule has 0 bridgehead atoms. The molecule has 1 unspecified atom stereocenters. The first-order valence-corrected chi connectivity index (χ1v) is 8.58. The van der Waals surface area contributed by atoms with Gasteiger partial charge in [-0.15, -0.1) is 0 Å². The van der Waals surface area contributed by atoms with Gasteiger partial charge in [-0.25, -0.2) is 4.98 Å². The summed E-state index contributed by atoms with van der Waals surface area (Å²) in [6, 6.07) is 2.90. The van der Waals surface area contributed by atoms with E-state index in [-0.39, 0.29) is 11.8 Å². The molecule has 1 aromatic heterocycles. The summed E-state index contributed by atoms with van der Waals surface area (Å²) in [5.41, 5.74) is 0.661. The van der Waals surface area contributed by atoms with Crippen LogP contribution in [0.15, 0.2) is 18.3 Å². The fourth-order valence-corrected chi connectivity index (χ4v) is 3.12. The number of likely N-dealkylation sites (N-methyl/N-ethyl adjacent to an activating group) is 1. The first kappa shape index (κ1) is 18.2. The number of amides is 2. The highest BCUT2D eigenvalue weighted by Gasteiger charge is 2.23. The number of pyridine rings is 1. The fourth-order valence-electron chi connectivity index (χ4n) is 3.12. The number of ether oxygens (including phenoxy) is 1. The van der Waals surface area contributed by atoms with Crippen molar-refractivity contribution in [2.45, 2.75) is 51.5 Å².